The number of rotatable bonds is 3. The van der Waals surface area contributed by atoms with Crippen molar-refractivity contribution >= 4 is 11.8 Å². The molecule has 1 atom stereocenters. The predicted octanol–water partition coefficient (Wildman–Crippen LogP) is 2.08. The maximum absolute atomic E-state index is 12.3. The highest BCUT2D eigenvalue weighted by atomic mass is 16.2. The second-order valence-electron chi connectivity index (χ2n) is 6.19. The molecule has 0 aromatic rings. The fourth-order valence-electron chi connectivity index (χ4n) is 3.18. The molecule has 0 aromatic carbocycles. The van der Waals surface area contributed by atoms with Crippen LogP contribution in [0.4, 0.5) is 0 Å². The van der Waals surface area contributed by atoms with Gasteiger partial charge in [0, 0.05) is 18.5 Å². The molecule has 4 nitrogen and oxygen atoms in total. The third-order valence-corrected chi connectivity index (χ3v) is 4.28. The number of nitrogens with zero attached hydrogens (tertiary/aromatic N) is 1. The first-order valence-electron chi connectivity index (χ1n) is 7.70. The van der Waals surface area contributed by atoms with Gasteiger partial charge in [-0.1, -0.05) is 33.1 Å². The average Bonchev–Trinajstić information content (AvgIpc) is 2.88. The van der Waals surface area contributed by atoms with Crippen LogP contribution in [0.5, 0.6) is 0 Å². The van der Waals surface area contributed by atoms with E-state index < -0.39 is 0 Å². The number of hydrogen-bond acceptors (Lipinski definition) is 2. The Morgan fingerprint density at radius 3 is 2.37 bits per heavy atom. The highest BCUT2D eigenvalue weighted by Crippen LogP contribution is 2.22. The van der Waals surface area contributed by atoms with Gasteiger partial charge in [-0.05, 0) is 25.7 Å². The molecule has 1 saturated heterocycles. The highest BCUT2D eigenvalue weighted by molar-refractivity contribution is 5.89. The first-order valence-corrected chi connectivity index (χ1v) is 7.70. The summed E-state index contributed by atoms with van der Waals surface area (Å²) in [5.74, 6) is 0.155. The molecule has 0 radical (unpaired) electrons. The van der Waals surface area contributed by atoms with Gasteiger partial charge in [-0.3, -0.25) is 9.59 Å². The van der Waals surface area contributed by atoms with E-state index in [0.717, 1.165) is 32.2 Å². The van der Waals surface area contributed by atoms with Crippen LogP contribution in [0, 0.1) is 5.92 Å². The van der Waals surface area contributed by atoms with E-state index in [2.05, 4.69) is 5.32 Å². The lowest BCUT2D eigenvalue weighted by molar-refractivity contribution is -0.141. The maximum atomic E-state index is 12.3. The Labute approximate surface area is 115 Å². The molecule has 4 heteroatoms. The third-order valence-electron chi connectivity index (χ3n) is 4.28. The van der Waals surface area contributed by atoms with Crippen molar-refractivity contribution in [2.75, 3.05) is 6.54 Å². The first-order chi connectivity index (χ1) is 9.09. The van der Waals surface area contributed by atoms with E-state index in [1.54, 1.807) is 4.90 Å². The largest absolute Gasteiger partial charge is 0.352 e. The van der Waals surface area contributed by atoms with E-state index in [-0.39, 0.29) is 23.8 Å². The lowest BCUT2D eigenvalue weighted by atomic mass is 9.95. The summed E-state index contributed by atoms with van der Waals surface area (Å²) in [6.07, 6.45) is 7.66. The Morgan fingerprint density at radius 1 is 1.05 bits per heavy atom. The molecule has 0 bridgehead atoms. The minimum absolute atomic E-state index is 0.0249. The number of likely N-dealkylation sites (tertiary alicyclic amines) is 1. The summed E-state index contributed by atoms with van der Waals surface area (Å²) in [6.45, 7) is 4.53. The maximum Gasteiger partial charge on any atom is 0.243 e. The van der Waals surface area contributed by atoms with Gasteiger partial charge in [0.05, 0.1) is 0 Å². The Hall–Kier alpha value is -1.06. The quantitative estimate of drug-likeness (QED) is 0.850. The van der Waals surface area contributed by atoms with Gasteiger partial charge in [-0.2, -0.15) is 0 Å². The van der Waals surface area contributed by atoms with E-state index in [4.69, 9.17) is 0 Å². The zero-order valence-corrected chi connectivity index (χ0v) is 12.2. The smallest absolute Gasteiger partial charge is 0.243 e. The monoisotopic (exact) mass is 266 g/mol. The van der Waals surface area contributed by atoms with Crippen LogP contribution in [-0.2, 0) is 9.59 Å². The number of amides is 2. The summed E-state index contributed by atoms with van der Waals surface area (Å²) in [4.78, 5) is 26.2. The van der Waals surface area contributed by atoms with Crippen molar-refractivity contribution in [3.63, 3.8) is 0 Å². The molecule has 2 fully saturated rings. The van der Waals surface area contributed by atoms with Crippen LogP contribution in [-0.4, -0.2) is 35.3 Å². The predicted molar refractivity (Wildman–Crippen MR) is 74.6 cm³/mol. The lowest BCUT2D eigenvalue weighted by Crippen LogP contribution is -2.50. The fraction of sp³-hybridized carbons (Fsp3) is 0.867. The summed E-state index contributed by atoms with van der Waals surface area (Å²) < 4.78 is 0. The van der Waals surface area contributed by atoms with Crippen LogP contribution in [0.2, 0.25) is 0 Å². The highest BCUT2D eigenvalue weighted by Gasteiger charge is 2.35. The van der Waals surface area contributed by atoms with Crippen molar-refractivity contribution < 1.29 is 9.59 Å². The number of carbonyl (C=O) groups excluding carboxylic acids is 2. The van der Waals surface area contributed by atoms with Crippen LogP contribution in [0.15, 0.2) is 0 Å². The van der Waals surface area contributed by atoms with Crippen molar-refractivity contribution in [2.45, 2.75) is 70.9 Å². The average molecular weight is 266 g/mol. The molecule has 0 unspecified atom stereocenters. The van der Waals surface area contributed by atoms with Gasteiger partial charge in [0.2, 0.25) is 11.8 Å². The van der Waals surface area contributed by atoms with Gasteiger partial charge in [0.1, 0.15) is 6.04 Å². The van der Waals surface area contributed by atoms with E-state index in [1.807, 2.05) is 13.8 Å². The molecule has 2 aliphatic rings. The second kappa shape index (κ2) is 6.40. The van der Waals surface area contributed by atoms with Crippen LogP contribution in [0.3, 0.4) is 0 Å². The molecular weight excluding hydrogens is 240 g/mol. The molecular formula is C15H26N2O2. The van der Waals surface area contributed by atoms with Gasteiger partial charge < -0.3 is 10.2 Å². The van der Waals surface area contributed by atoms with Crippen molar-refractivity contribution in [2.24, 2.45) is 5.92 Å². The number of hydrogen-bond donors (Lipinski definition) is 1. The van der Waals surface area contributed by atoms with Crippen LogP contribution < -0.4 is 5.32 Å². The Kier molecular flexibility index (Phi) is 4.83. The van der Waals surface area contributed by atoms with Crippen molar-refractivity contribution in [3.8, 4) is 0 Å². The fourth-order valence-corrected chi connectivity index (χ4v) is 3.18. The summed E-state index contributed by atoms with van der Waals surface area (Å²) in [5, 5.41) is 3.15. The summed E-state index contributed by atoms with van der Waals surface area (Å²) in [6, 6.07) is 0.106. The van der Waals surface area contributed by atoms with E-state index in [1.165, 1.54) is 19.3 Å². The standard InChI is InChI=1S/C15H26N2O2/c1-11(2)15(19)17-10-6-9-13(17)14(18)16-12-7-4-3-5-8-12/h11-13H,3-10H2,1-2H3,(H,16,18)/t13-/m1/s1. The molecule has 1 heterocycles. The van der Waals surface area contributed by atoms with Crippen molar-refractivity contribution in [3.05, 3.63) is 0 Å². The zero-order chi connectivity index (χ0) is 13.8. The Bertz CT molecular complexity index is 335. The van der Waals surface area contributed by atoms with E-state index in [0.29, 0.717) is 6.04 Å². The minimum Gasteiger partial charge on any atom is -0.352 e. The SMILES string of the molecule is CC(C)C(=O)N1CCC[C@@H]1C(=O)NC1CCCCC1. The Balaban J connectivity index is 1.91. The molecule has 1 aliphatic carbocycles. The molecule has 0 spiro atoms. The van der Waals surface area contributed by atoms with Crippen LogP contribution >= 0.6 is 0 Å². The minimum atomic E-state index is -0.225. The first kappa shape index (κ1) is 14.4. The molecule has 108 valence electrons. The van der Waals surface area contributed by atoms with Crippen molar-refractivity contribution in [1.29, 1.82) is 0 Å². The molecule has 1 N–H and O–H groups in total. The summed E-state index contributed by atoms with van der Waals surface area (Å²) in [7, 11) is 0. The molecule has 19 heavy (non-hydrogen) atoms. The van der Waals surface area contributed by atoms with Gasteiger partial charge in [0.15, 0.2) is 0 Å². The van der Waals surface area contributed by atoms with Crippen LogP contribution in [0.1, 0.15) is 58.8 Å². The molecule has 2 rings (SSSR count). The summed E-state index contributed by atoms with van der Waals surface area (Å²) in [5.41, 5.74) is 0. The van der Waals surface area contributed by atoms with E-state index >= 15 is 0 Å². The lowest BCUT2D eigenvalue weighted by Gasteiger charge is -2.29. The topological polar surface area (TPSA) is 49.4 Å². The van der Waals surface area contributed by atoms with Gasteiger partial charge >= 0.3 is 0 Å². The molecule has 2 amide bonds. The Morgan fingerprint density at radius 2 is 1.74 bits per heavy atom. The second-order valence-corrected chi connectivity index (χ2v) is 6.19. The summed E-state index contributed by atoms with van der Waals surface area (Å²) >= 11 is 0. The number of nitrogens with one attached hydrogen (secondary N) is 1. The van der Waals surface area contributed by atoms with Gasteiger partial charge in [-0.15, -0.1) is 0 Å². The van der Waals surface area contributed by atoms with Gasteiger partial charge in [0.25, 0.3) is 0 Å². The van der Waals surface area contributed by atoms with Crippen molar-refractivity contribution in [1.82, 2.24) is 10.2 Å². The third kappa shape index (κ3) is 3.48. The normalized spacial score (nSPS) is 24.8. The number of carbonyl (C=O) groups is 2. The van der Waals surface area contributed by atoms with Gasteiger partial charge in [-0.25, -0.2) is 0 Å². The van der Waals surface area contributed by atoms with E-state index in [9.17, 15) is 9.59 Å². The zero-order valence-electron chi connectivity index (χ0n) is 12.2. The molecule has 0 aromatic heterocycles. The van der Waals surface area contributed by atoms with Crippen LogP contribution in [0.25, 0.3) is 0 Å². The molecule has 1 aliphatic heterocycles. The molecule has 1 saturated carbocycles.